The number of hydrogen-bond acceptors (Lipinski definition) is 4. The zero-order chi connectivity index (χ0) is 17.6. The van der Waals surface area contributed by atoms with Gasteiger partial charge in [0, 0.05) is 37.6 Å². The van der Waals surface area contributed by atoms with E-state index in [4.69, 9.17) is 0 Å². The predicted octanol–water partition coefficient (Wildman–Crippen LogP) is 2.51. The first-order valence-corrected chi connectivity index (χ1v) is 8.02. The second-order valence-electron chi connectivity index (χ2n) is 5.87. The molecule has 0 aliphatic carbocycles. The number of urea groups is 1. The maximum atomic E-state index is 13.3. The summed E-state index contributed by atoms with van der Waals surface area (Å²) in [6.07, 6.45) is 2.49. The van der Waals surface area contributed by atoms with Crippen molar-refractivity contribution < 1.29 is 13.6 Å². The summed E-state index contributed by atoms with van der Waals surface area (Å²) in [5, 5.41) is 2.79. The first kappa shape index (κ1) is 16.9. The molecule has 3 N–H and O–H groups in total. The number of amides is 2. The van der Waals surface area contributed by atoms with Gasteiger partial charge in [-0.1, -0.05) is 6.07 Å². The van der Waals surface area contributed by atoms with Gasteiger partial charge in [0.25, 0.3) is 0 Å². The molecule has 1 aliphatic rings. The molecule has 2 amide bonds. The lowest BCUT2D eigenvalue weighted by atomic mass is 10.1. The van der Waals surface area contributed by atoms with Crippen LogP contribution >= 0.6 is 0 Å². The van der Waals surface area contributed by atoms with Crippen molar-refractivity contribution in [3.8, 4) is 0 Å². The molecule has 1 aliphatic heterocycles. The van der Waals surface area contributed by atoms with Crippen LogP contribution in [-0.2, 0) is 0 Å². The summed E-state index contributed by atoms with van der Waals surface area (Å²) in [6, 6.07) is 8.87. The molecule has 8 heteroatoms. The highest BCUT2D eigenvalue weighted by Gasteiger charge is 2.23. The number of hydrazine groups is 1. The number of hydrogen-bond donors (Lipinski definition) is 3. The van der Waals surface area contributed by atoms with Crippen LogP contribution in [0, 0.1) is 17.6 Å². The van der Waals surface area contributed by atoms with Crippen molar-refractivity contribution in [2.24, 2.45) is 5.92 Å². The molecule has 1 aromatic heterocycles. The van der Waals surface area contributed by atoms with Crippen molar-refractivity contribution >= 4 is 17.5 Å². The monoisotopic (exact) mass is 347 g/mol. The van der Waals surface area contributed by atoms with Gasteiger partial charge in [-0.25, -0.2) is 18.6 Å². The zero-order valence-electron chi connectivity index (χ0n) is 13.5. The SMILES string of the molecule is O=C(NC[C@@H]1CCN(c2ccc(F)c(F)c2)C1)NNc1ccccn1. The summed E-state index contributed by atoms with van der Waals surface area (Å²) in [5.74, 6) is -0.908. The minimum absolute atomic E-state index is 0.244. The van der Waals surface area contributed by atoms with Crippen LogP contribution in [0.2, 0.25) is 0 Å². The van der Waals surface area contributed by atoms with E-state index in [0.717, 1.165) is 19.0 Å². The number of nitrogens with zero attached hydrogens (tertiary/aromatic N) is 2. The highest BCUT2D eigenvalue weighted by atomic mass is 19.2. The maximum absolute atomic E-state index is 13.3. The molecule has 1 saturated heterocycles. The highest BCUT2D eigenvalue weighted by Crippen LogP contribution is 2.24. The van der Waals surface area contributed by atoms with E-state index >= 15 is 0 Å². The second-order valence-corrected chi connectivity index (χ2v) is 5.87. The summed E-state index contributed by atoms with van der Waals surface area (Å²) in [4.78, 5) is 17.8. The van der Waals surface area contributed by atoms with E-state index in [9.17, 15) is 13.6 Å². The minimum atomic E-state index is -0.849. The normalized spacial score (nSPS) is 16.6. The maximum Gasteiger partial charge on any atom is 0.333 e. The van der Waals surface area contributed by atoms with Crippen molar-refractivity contribution in [2.45, 2.75) is 6.42 Å². The van der Waals surface area contributed by atoms with Gasteiger partial charge in [-0.3, -0.25) is 10.9 Å². The molecule has 2 aromatic rings. The number of aromatic nitrogens is 1. The Bertz CT molecular complexity index is 728. The third kappa shape index (κ3) is 4.56. The summed E-state index contributed by atoms with van der Waals surface area (Å²) < 4.78 is 26.3. The van der Waals surface area contributed by atoms with E-state index in [1.54, 1.807) is 30.5 Å². The number of pyridine rings is 1. The van der Waals surface area contributed by atoms with Crippen molar-refractivity contribution in [3.05, 3.63) is 54.2 Å². The molecule has 3 rings (SSSR count). The Morgan fingerprint density at radius 2 is 2.12 bits per heavy atom. The van der Waals surface area contributed by atoms with E-state index in [0.29, 0.717) is 24.6 Å². The van der Waals surface area contributed by atoms with Gasteiger partial charge in [0.15, 0.2) is 11.6 Å². The second kappa shape index (κ2) is 7.78. The summed E-state index contributed by atoms with van der Waals surface area (Å²) >= 11 is 0. The molecule has 132 valence electrons. The Kier molecular flexibility index (Phi) is 5.27. The molecule has 0 unspecified atom stereocenters. The molecule has 2 heterocycles. The van der Waals surface area contributed by atoms with Gasteiger partial charge in [0.2, 0.25) is 0 Å². The molecule has 1 aromatic carbocycles. The molecule has 6 nitrogen and oxygen atoms in total. The van der Waals surface area contributed by atoms with Crippen LogP contribution in [0.4, 0.5) is 25.1 Å². The number of rotatable bonds is 5. The average Bonchev–Trinajstić information content (AvgIpc) is 3.10. The molecule has 1 atom stereocenters. The van der Waals surface area contributed by atoms with Crippen molar-refractivity contribution in [2.75, 3.05) is 30.0 Å². The summed E-state index contributed by atoms with van der Waals surface area (Å²) in [6.45, 7) is 1.92. The smallest absolute Gasteiger partial charge is 0.333 e. The molecule has 0 spiro atoms. The lowest BCUT2D eigenvalue weighted by Gasteiger charge is -2.19. The fraction of sp³-hybridized carbons (Fsp3) is 0.294. The molecule has 0 bridgehead atoms. The Morgan fingerprint density at radius 3 is 2.88 bits per heavy atom. The van der Waals surface area contributed by atoms with Crippen LogP contribution in [0.15, 0.2) is 42.6 Å². The van der Waals surface area contributed by atoms with Crippen molar-refractivity contribution in [3.63, 3.8) is 0 Å². The van der Waals surface area contributed by atoms with Crippen LogP contribution in [0.3, 0.4) is 0 Å². The quantitative estimate of drug-likeness (QED) is 0.727. The Morgan fingerprint density at radius 1 is 1.24 bits per heavy atom. The fourth-order valence-corrected chi connectivity index (χ4v) is 2.75. The van der Waals surface area contributed by atoms with E-state index < -0.39 is 11.6 Å². The predicted molar refractivity (Wildman–Crippen MR) is 91.1 cm³/mol. The van der Waals surface area contributed by atoms with Crippen LogP contribution < -0.4 is 21.1 Å². The fourth-order valence-electron chi connectivity index (χ4n) is 2.75. The van der Waals surface area contributed by atoms with Gasteiger partial charge in [-0.15, -0.1) is 0 Å². The lowest BCUT2D eigenvalue weighted by Crippen LogP contribution is -2.41. The standard InChI is InChI=1S/C17H19F2N5O/c18-14-5-4-13(9-15(14)19)24-8-6-12(11-24)10-21-17(25)23-22-16-3-1-2-7-20-16/h1-5,7,9,12H,6,8,10-11H2,(H,20,22)(H2,21,23,25)/t12-/m0/s1. The Balaban J connectivity index is 1.42. The lowest BCUT2D eigenvalue weighted by molar-refractivity contribution is 0.241. The third-order valence-electron chi connectivity index (χ3n) is 4.07. The Hall–Kier alpha value is -2.90. The molecular weight excluding hydrogens is 328 g/mol. The number of carbonyl (C=O) groups is 1. The number of carbonyl (C=O) groups excluding carboxylic acids is 1. The highest BCUT2D eigenvalue weighted by molar-refractivity contribution is 5.75. The van der Waals surface area contributed by atoms with Gasteiger partial charge >= 0.3 is 6.03 Å². The van der Waals surface area contributed by atoms with Crippen molar-refractivity contribution in [1.82, 2.24) is 15.7 Å². The Labute approximate surface area is 144 Å². The van der Waals surface area contributed by atoms with Crippen molar-refractivity contribution in [1.29, 1.82) is 0 Å². The molecule has 0 saturated carbocycles. The zero-order valence-corrected chi connectivity index (χ0v) is 13.5. The topological polar surface area (TPSA) is 69.3 Å². The van der Waals surface area contributed by atoms with E-state index in [1.807, 2.05) is 4.90 Å². The summed E-state index contributed by atoms with van der Waals surface area (Å²) in [5.41, 5.74) is 5.87. The van der Waals surface area contributed by atoms with E-state index in [2.05, 4.69) is 21.2 Å². The number of nitrogens with one attached hydrogen (secondary N) is 3. The largest absolute Gasteiger partial charge is 0.371 e. The molecule has 0 radical (unpaired) electrons. The third-order valence-corrected chi connectivity index (χ3v) is 4.07. The molecule has 25 heavy (non-hydrogen) atoms. The number of benzene rings is 1. The van der Waals surface area contributed by atoms with Crippen LogP contribution in [0.25, 0.3) is 0 Å². The van der Waals surface area contributed by atoms with Crippen LogP contribution in [0.1, 0.15) is 6.42 Å². The van der Waals surface area contributed by atoms with Gasteiger partial charge < -0.3 is 10.2 Å². The molecule has 1 fully saturated rings. The molecular formula is C17H19F2N5O. The number of halogens is 2. The van der Waals surface area contributed by atoms with Gasteiger partial charge in [0.1, 0.15) is 5.82 Å². The van der Waals surface area contributed by atoms with E-state index in [-0.39, 0.29) is 11.9 Å². The van der Waals surface area contributed by atoms with Crippen LogP contribution in [-0.4, -0.2) is 30.6 Å². The minimum Gasteiger partial charge on any atom is -0.371 e. The average molecular weight is 347 g/mol. The number of anilines is 2. The first-order valence-electron chi connectivity index (χ1n) is 8.02. The van der Waals surface area contributed by atoms with Gasteiger partial charge in [-0.05, 0) is 36.6 Å². The van der Waals surface area contributed by atoms with Gasteiger partial charge in [-0.2, -0.15) is 0 Å². The van der Waals surface area contributed by atoms with E-state index in [1.165, 1.54) is 6.07 Å². The van der Waals surface area contributed by atoms with Crippen LogP contribution in [0.5, 0.6) is 0 Å². The van der Waals surface area contributed by atoms with Gasteiger partial charge in [0.05, 0.1) is 0 Å². The first-order chi connectivity index (χ1) is 12.1. The summed E-state index contributed by atoms with van der Waals surface area (Å²) in [7, 11) is 0.